The zero-order valence-electron chi connectivity index (χ0n) is 18.2. The number of hydrogen-bond acceptors (Lipinski definition) is 5. The van der Waals surface area contributed by atoms with Crippen LogP contribution in [0.5, 0.6) is 0 Å². The lowest BCUT2D eigenvalue weighted by Gasteiger charge is -2.39. The van der Waals surface area contributed by atoms with Crippen LogP contribution in [0.25, 0.3) is 0 Å². The first-order valence-electron chi connectivity index (χ1n) is 10.7. The second-order valence-electron chi connectivity index (χ2n) is 6.96. The van der Waals surface area contributed by atoms with Crippen molar-refractivity contribution in [2.75, 3.05) is 32.6 Å². The highest BCUT2D eigenvalue weighted by Crippen LogP contribution is 2.34. The summed E-state index contributed by atoms with van der Waals surface area (Å²) >= 11 is 0. The van der Waals surface area contributed by atoms with Crippen LogP contribution < -0.4 is 4.72 Å². The summed E-state index contributed by atoms with van der Waals surface area (Å²) in [6.45, 7) is 10.0. The zero-order valence-corrected chi connectivity index (χ0v) is 19.0. The van der Waals surface area contributed by atoms with Crippen LogP contribution in [0.4, 0.5) is 0 Å². The summed E-state index contributed by atoms with van der Waals surface area (Å²) in [5, 5.41) is 0. The van der Waals surface area contributed by atoms with Crippen LogP contribution in [0.2, 0.25) is 0 Å². The first kappa shape index (κ1) is 26.8. The molecule has 0 amide bonds. The van der Waals surface area contributed by atoms with E-state index >= 15 is 0 Å². The van der Waals surface area contributed by atoms with Crippen LogP contribution in [0.1, 0.15) is 85.5 Å². The van der Waals surface area contributed by atoms with Gasteiger partial charge in [0.1, 0.15) is 0 Å². The highest BCUT2D eigenvalue weighted by Gasteiger charge is 2.41. The summed E-state index contributed by atoms with van der Waals surface area (Å²) < 4.78 is 43.1. The molecule has 0 saturated heterocycles. The summed E-state index contributed by atoms with van der Waals surface area (Å²) in [5.41, 5.74) is 0. The van der Waals surface area contributed by atoms with E-state index < -0.39 is 16.0 Å². The van der Waals surface area contributed by atoms with Crippen LogP contribution in [-0.4, -0.2) is 47.0 Å². The lowest BCUT2D eigenvalue weighted by atomic mass is 9.92. The Hall–Kier alpha value is -0.210. The second-order valence-corrected chi connectivity index (χ2v) is 8.80. The largest absolute Gasteiger partial charge is 0.328 e. The molecule has 0 aliphatic carbocycles. The fraction of sp³-hybridized carbons (Fsp3) is 1.00. The Balaban J connectivity index is 4.91. The predicted molar refractivity (Wildman–Crippen MR) is 111 cm³/mol. The van der Waals surface area contributed by atoms with Crippen molar-refractivity contribution in [2.45, 2.75) is 91.5 Å². The molecule has 0 aliphatic heterocycles. The number of hydrogen-bond donors (Lipinski definition) is 1. The van der Waals surface area contributed by atoms with Crippen molar-refractivity contribution < 1.29 is 22.6 Å². The van der Waals surface area contributed by atoms with Crippen LogP contribution >= 0.6 is 0 Å². The van der Waals surface area contributed by atoms with Gasteiger partial charge in [0.15, 0.2) is 0 Å². The van der Waals surface area contributed by atoms with E-state index in [-0.39, 0.29) is 5.92 Å². The average molecular weight is 410 g/mol. The fourth-order valence-electron chi connectivity index (χ4n) is 3.36. The standard InChI is InChI=1S/C20H43NO5S/c1-6-10-11-12-13-14-16-19(17-15-18-21-27(5,22)23)20(24-7-2,25-8-3)26-9-4/h19,21H,6-18H2,1-5H3. The number of sulfonamides is 1. The van der Waals surface area contributed by atoms with Gasteiger partial charge in [-0.1, -0.05) is 45.4 Å². The lowest BCUT2D eigenvalue weighted by molar-refractivity contribution is -0.403. The van der Waals surface area contributed by atoms with Crippen molar-refractivity contribution in [1.82, 2.24) is 4.72 Å². The first-order chi connectivity index (χ1) is 12.8. The monoisotopic (exact) mass is 409 g/mol. The predicted octanol–water partition coefficient (Wildman–Crippen LogP) is 4.45. The van der Waals surface area contributed by atoms with Crippen molar-refractivity contribution in [2.24, 2.45) is 5.92 Å². The van der Waals surface area contributed by atoms with Gasteiger partial charge in [-0.25, -0.2) is 13.1 Å². The number of rotatable bonds is 19. The van der Waals surface area contributed by atoms with Gasteiger partial charge in [-0.15, -0.1) is 0 Å². The third kappa shape index (κ3) is 12.8. The molecule has 0 heterocycles. The van der Waals surface area contributed by atoms with Gasteiger partial charge in [-0.3, -0.25) is 0 Å². The molecule has 164 valence electrons. The van der Waals surface area contributed by atoms with Crippen molar-refractivity contribution in [3.8, 4) is 0 Å². The van der Waals surface area contributed by atoms with Gasteiger partial charge in [-0.2, -0.15) is 0 Å². The van der Waals surface area contributed by atoms with Gasteiger partial charge in [0.25, 0.3) is 5.97 Å². The summed E-state index contributed by atoms with van der Waals surface area (Å²) in [6.07, 6.45) is 11.0. The maximum absolute atomic E-state index is 11.3. The Morgan fingerprint density at radius 3 is 1.74 bits per heavy atom. The van der Waals surface area contributed by atoms with Gasteiger partial charge < -0.3 is 14.2 Å². The molecule has 0 aliphatic rings. The van der Waals surface area contributed by atoms with Gasteiger partial charge in [0.2, 0.25) is 10.0 Å². The molecule has 6 nitrogen and oxygen atoms in total. The number of ether oxygens (including phenoxy) is 3. The molecular formula is C20H43NO5S. The van der Waals surface area contributed by atoms with Crippen LogP contribution in [0.15, 0.2) is 0 Å². The minimum atomic E-state index is -3.16. The normalized spacial score (nSPS) is 13.8. The van der Waals surface area contributed by atoms with Gasteiger partial charge >= 0.3 is 0 Å². The van der Waals surface area contributed by atoms with Gasteiger partial charge in [-0.05, 0) is 40.0 Å². The maximum Gasteiger partial charge on any atom is 0.285 e. The summed E-state index contributed by atoms with van der Waals surface area (Å²) in [5.74, 6) is -0.961. The Morgan fingerprint density at radius 1 is 0.778 bits per heavy atom. The SMILES string of the molecule is CCCCCCCCC(CCCNS(C)(=O)=O)C(OCC)(OCC)OCC. The smallest absolute Gasteiger partial charge is 0.285 e. The summed E-state index contributed by atoms with van der Waals surface area (Å²) in [7, 11) is -3.16. The molecule has 0 radical (unpaired) electrons. The van der Waals surface area contributed by atoms with Crippen molar-refractivity contribution in [3.63, 3.8) is 0 Å². The zero-order chi connectivity index (χ0) is 20.6. The van der Waals surface area contributed by atoms with Crippen LogP contribution in [0.3, 0.4) is 0 Å². The van der Waals surface area contributed by atoms with Gasteiger partial charge in [0.05, 0.1) is 6.26 Å². The lowest BCUT2D eigenvalue weighted by Crippen LogP contribution is -2.47. The van der Waals surface area contributed by atoms with E-state index in [1.54, 1.807) is 0 Å². The number of nitrogens with one attached hydrogen (secondary N) is 1. The first-order valence-corrected chi connectivity index (χ1v) is 12.6. The minimum absolute atomic E-state index is 0.0740. The third-order valence-corrected chi connectivity index (χ3v) is 5.26. The Labute approximate surface area is 167 Å². The van der Waals surface area contributed by atoms with E-state index in [4.69, 9.17) is 14.2 Å². The highest BCUT2D eigenvalue weighted by atomic mass is 32.2. The number of unbranched alkanes of at least 4 members (excludes halogenated alkanes) is 5. The molecule has 1 atom stereocenters. The molecule has 27 heavy (non-hydrogen) atoms. The minimum Gasteiger partial charge on any atom is -0.328 e. The van der Waals surface area contributed by atoms with Crippen molar-refractivity contribution in [1.29, 1.82) is 0 Å². The Kier molecular flexibility index (Phi) is 15.6. The molecule has 0 bridgehead atoms. The molecule has 0 aromatic heterocycles. The molecule has 0 saturated carbocycles. The Morgan fingerprint density at radius 2 is 1.26 bits per heavy atom. The topological polar surface area (TPSA) is 73.9 Å². The molecule has 1 unspecified atom stereocenters. The molecule has 0 spiro atoms. The van der Waals surface area contributed by atoms with E-state index in [9.17, 15) is 8.42 Å². The van der Waals surface area contributed by atoms with E-state index in [1.165, 1.54) is 38.4 Å². The molecule has 0 fully saturated rings. The average Bonchev–Trinajstić information content (AvgIpc) is 2.59. The summed E-state index contributed by atoms with van der Waals surface area (Å²) in [6, 6.07) is 0. The van der Waals surface area contributed by atoms with Gasteiger partial charge in [0, 0.05) is 32.3 Å². The molecule has 0 rings (SSSR count). The molecule has 7 heteroatoms. The Bertz CT molecular complexity index is 425. The van der Waals surface area contributed by atoms with E-state index in [0.29, 0.717) is 26.4 Å². The van der Waals surface area contributed by atoms with Crippen molar-refractivity contribution in [3.05, 3.63) is 0 Å². The van der Waals surface area contributed by atoms with E-state index in [2.05, 4.69) is 11.6 Å². The summed E-state index contributed by atoms with van der Waals surface area (Å²) in [4.78, 5) is 0. The molecule has 1 N–H and O–H groups in total. The van der Waals surface area contributed by atoms with E-state index in [1.807, 2.05) is 20.8 Å². The maximum atomic E-state index is 11.3. The third-order valence-electron chi connectivity index (χ3n) is 4.54. The second kappa shape index (κ2) is 15.7. The highest BCUT2D eigenvalue weighted by molar-refractivity contribution is 7.88. The van der Waals surface area contributed by atoms with Crippen molar-refractivity contribution >= 4 is 10.0 Å². The quantitative estimate of drug-likeness (QED) is 0.252. The molecule has 0 aromatic carbocycles. The molecular weight excluding hydrogens is 366 g/mol. The van der Waals surface area contributed by atoms with Crippen LogP contribution in [0, 0.1) is 5.92 Å². The van der Waals surface area contributed by atoms with E-state index in [0.717, 1.165) is 25.7 Å². The molecule has 0 aromatic rings. The fourth-order valence-corrected chi connectivity index (χ4v) is 3.87. The van der Waals surface area contributed by atoms with Crippen LogP contribution in [-0.2, 0) is 24.2 Å².